The SMILES string of the molecule is Cc1cccc(NCCC2CCCCN2C)c1Br. The number of rotatable bonds is 4. The second-order valence-corrected chi connectivity index (χ2v) is 6.08. The second-order valence-electron chi connectivity index (χ2n) is 5.28. The maximum atomic E-state index is 3.65. The molecule has 0 radical (unpaired) electrons. The zero-order chi connectivity index (χ0) is 13.0. The molecule has 1 aliphatic heterocycles. The number of aryl methyl sites for hydroxylation is 1. The van der Waals surface area contributed by atoms with E-state index in [4.69, 9.17) is 0 Å². The van der Waals surface area contributed by atoms with E-state index in [9.17, 15) is 0 Å². The van der Waals surface area contributed by atoms with Gasteiger partial charge in [-0.05, 0) is 67.3 Å². The van der Waals surface area contributed by atoms with Gasteiger partial charge in [0.25, 0.3) is 0 Å². The number of nitrogens with zero attached hydrogens (tertiary/aromatic N) is 1. The van der Waals surface area contributed by atoms with E-state index in [2.05, 4.69) is 58.3 Å². The van der Waals surface area contributed by atoms with Gasteiger partial charge in [0, 0.05) is 22.7 Å². The van der Waals surface area contributed by atoms with Crippen LogP contribution in [0.4, 0.5) is 5.69 Å². The summed E-state index contributed by atoms with van der Waals surface area (Å²) in [6.07, 6.45) is 5.34. The van der Waals surface area contributed by atoms with Crippen molar-refractivity contribution in [2.75, 3.05) is 25.5 Å². The molecule has 1 fully saturated rings. The normalized spacial score (nSPS) is 20.9. The second kappa shape index (κ2) is 6.58. The fourth-order valence-electron chi connectivity index (χ4n) is 2.67. The molecule has 1 aromatic carbocycles. The molecule has 2 rings (SSSR count). The van der Waals surface area contributed by atoms with Crippen LogP contribution in [0.15, 0.2) is 22.7 Å². The van der Waals surface area contributed by atoms with Crippen LogP contribution < -0.4 is 5.32 Å². The Balaban J connectivity index is 1.83. The molecule has 1 saturated heterocycles. The Labute approximate surface area is 119 Å². The van der Waals surface area contributed by atoms with Crippen LogP contribution in [0.1, 0.15) is 31.2 Å². The summed E-state index contributed by atoms with van der Waals surface area (Å²) in [7, 11) is 2.26. The van der Waals surface area contributed by atoms with Crippen molar-refractivity contribution in [3.05, 3.63) is 28.2 Å². The summed E-state index contributed by atoms with van der Waals surface area (Å²) >= 11 is 3.65. The molecular formula is C15H23BrN2. The molecular weight excluding hydrogens is 288 g/mol. The van der Waals surface area contributed by atoms with Gasteiger partial charge >= 0.3 is 0 Å². The van der Waals surface area contributed by atoms with Crippen LogP contribution in [0.2, 0.25) is 0 Å². The minimum atomic E-state index is 0.759. The third kappa shape index (κ3) is 3.48. The van der Waals surface area contributed by atoms with Crippen LogP contribution in [0, 0.1) is 6.92 Å². The molecule has 3 heteroatoms. The summed E-state index contributed by atoms with van der Waals surface area (Å²) in [4.78, 5) is 2.51. The summed E-state index contributed by atoms with van der Waals surface area (Å²) in [6, 6.07) is 7.14. The van der Waals surface area contributed by atoms with Crippen molar-refractivity contribution in [3.8, 4) is 0 Å². The molecule has 2 nitrogen and oxygen atoms in total. The van der Waals surface area contributed by atoms with Crippen molar-refractivity contribution in [1.82, 2.24) is 4.90 Å². The molecule has 0 aromatic heterocycles. The van der Waals surface area contributed by atoms with Crippen LogP contribution in [0.5, 0.6) is 0 Å². The van der Waals surface area contributed by atoms with Crippen molar-refractivity contribution >= 4 is 21.6 Å². The first kappa shape index (κ1) is 13.9. The van der Waals surface area contributed by atoms with Gasteiger partial charge in [-0.1, -0.05) is 18.6 Å². The van der Waals surface area contributed by atoms with E-state index in [0.29, 0.717) is 0 Å². The number of anilines is 1. The third-order valence-electron chi connectivity index (χ3n) is 3.91. The Kier molecular flexibility index (Phi) is 5.07. The summed E-state index contributed by atoms with van der Waals surface area (Å²) in [5.41, 5.74) is 2.50. The van der Waals surface area contributed by atoms with E-state index < -0.39 is 0 Å². The van der Waals surface area contributed by atoms with Crippen LogP contribution in [0.25, 0.3) is 0 Å². The molecule has 0 spiro atoms. The van der Waals surface area contributed by atoms with Gasteiger partial charge < -0.3 is 10.2 Å². The summed E-state index contributed by atoms with van der Waals surface area (Å²) in [5, 5.41) is 3.55. The Hall–Kier alpha value is -0.540. The molecule has 0 aliphatic carbocycles. The van der Waals surface area contributed by atoms with Gasteiger partial charge in [0.05, 0.1) is 0 Å². The van der Waals surface area contributed by atoms with Crippen molar-refractivity contribution in [2.45, 2.75) is 38.6 Å². The van der Waals surface area contributed by atoms with Gasteiger partial charge in [0.2, 0.25) is 0 Å². The van der Waals surface area contributed by atoms with E-state index in [1.807, 2.05) is 0 Å². The summed E-state index contributed by atoms with van der Waals surface area (Å²) < 4.78 is 1.20. The van der Waals surface area contributed by atoms with Crippen molar-refractivity contribution in [1.29, 1.82) is 0 Å². The van der Waals surface area contributed by atoms with Gasteiger partial charge in [0.1, 0.15) is 0 Å². The number of likely N-dealkylation sites (tertiary alicyclic amines) is 1. The molecule has 1 atom stereocenters. The average molecular weight is 311 g/mol. The predicted octanol–water partition coefficient (Wildman–Crippen LogP) is 4.04. The Morgan fingerprint density at radius 3 is 3.00 bits per heavy atom. The molecule has 0 bridgehead atoms. The number of hydrogen-bond acceptors (Lipinski definition) is 2. The molecule has 0 saturated carbocycles. The highest BCUT2D eigenvalue weighted by Crippen LogP contribution is 2.26. The lowest BCUT2D eigenvalue weighted by Gasteiger charge is -2.32. The number of halogens is 1. The maximum absolute atomic E-state index is 3.65. The first-order chi connectivity index (χ1) is 8.68. The highest BCUT2D eigenvalue weighted by atomic mass is 79.9. The third-order valence-corrected chi connectivity index (χ3v) is 4.96. The molecule has 0 amide bonds. The molecule has 18 heavy (non-hydrogen) atoms. The maximum Gasteiger partial charge on any atom is 0.0487 e. The molecule has 1 N–H and O–H groups in total. The monoisotopic (exact) mass is 310 g/mol. The highest BCUT2D eigenvalue weighted by Gasteiger charge is 2.18. The van der Waals surface area contributed by atoms with Gasteiger partial charge in [-0.25, -0.2) is 0 Å². The average Bonchev–Trinajstić information content (AvgIpc) is 2.37. The Morgan fingerprint density at radius 2 is 2.22 bits per heavy atom. The van der Waals surface area contributed by atoms with Crippen molar-refractivity contribution in [3.63, 3.8) is 0 Å². The van der Waals surface area contributed by atoms with Gasteiger partial charge in [-0.2, -0.15) is 0 Å². The number of hydrogen-bond donors (Lipinski definition) is 1. The standard InChI is InChI=1S/C15H23BrN2/c1-12-6-5-8-14(15(12)16)17-10-9-13-7-3-4-11-18(13)2/h5-6,8,13,17H,3-4,7,9-11H2,1-2H3. The van der Waals surface area contributed by atoms with Crippen LogP contribution in [-0.2, 0) is 0 Å². The van der Waals surface area contributed by atoms with Crippen LogP contribution >= 0.6 is 15.9 Å². The largest absolute Gasteiger partial charge is 0.384 e. The topological polar surface area (TPSA) is 15.3 Å². The lowest BCUT2D eigenvalue weighted by Crippen LogP contribution is -2.37. The zero-order valence-corrected chi connectivity index (χ0v) is 13.0. The van der Waals surface area contributed by atoms with Gasteiger partial charge in [0.15, 0.2) is 0 Å². The highest BCUT2D eigenvalue weighted by molar-refractivity contribution is 9.10. The van der Waals surface area contributed by atoms with Crippen LogP contribution in [0.3, 0.4) is 0 Å². The molecule has 1 aromatic rings. The van der Waals surface area contributed by atoms with Crippen molar-refractivity contribution in [2.24, 2.45) is 0 Å². The first-order valence-electron chi connectivity index (χ1n) is 6.87. The smallest absolute Gasteiger partial charge is 0.0487 e. The minimum Gasteiger partial charge on any atom is -0.384 e. The Bertz CT molecular complexity index is 392. The molecule has 1 heterocycles. The van der Waals surface area contributed by atoms with E-state index in [1.165, 1.54) is 48.0 Å². The Morgan fingerprint density at radius 1 is 1.39 bits per heavy atom. The lowest BCUT2D eigenvalue weighted by atomic mass is 10.0. The van der Waals surface area contributed by atoms with Crippen molar-refractivity contribution < 1.29 is 0 Å². The minimum absolute atomic E-state index is 0.759. The number of benzene rings is 1. The van der Waals surface area contributed by atoms with E-state index in [0.717, 1.165) is 12.6 Å². The number of nitrogens with one attached hydrogen (secondary N) is 1. The number of piperidine rings is 1. The lowest BCUT2D eigenvalue weighted by molar-refractivity contribution is 0.179. The van der Waals surface area contributed by atoms with E-state index >= 15 is 0 Å². The van der Waals surface area contributed by atoms with E-state index in [1.54, 1.807) is 0 Å². The summed E-state index contributed by atoms with van der Waals surface area (Å²) in [6.45, 7) is 4.44. The quantitative estimate of drug-likeness (QED) is 0.902. The predicted molar refractivity (Wildman–Crippen MR) is 82.3 cm³/mol. The van der Waals surface area contributed by atoms with E-state index in [-0.39, 0.29) is 0 Å². The zero-order valence-electron chi connectivity index (χ0n) is 11.4. The first-order valence-corrected chi connectivity index (χ1v) is 7.67. The molecule has 100 valence electrons. The fourth-order valence-corrected chi connectivity index (χ4v) is 3.07. The molecule has 1 aliphatic rings. The summed E-state index contributed by atoms with van der Waals surface area (Å²) in [5.74, 6) is 0. The fraction of sp³-hybridized carbons (Fsp3) is 0.600. The van der Waals surface area contributed by atoms with Crippen LogP contribution in [-0.4, -0.2) is 31.1 Å². The molecule has 1 unspecified atom stereocenters. The van der Waals surface area contributed by atoms with Gasteiger partial charge in [-0.15, -0.1) is 0 Å². The van der Waals surface area contributed by atoms with Gasteiger partial charge in [-0.3, -0.25) is 0 Å².